The molecule has 0 aliphatic rings. The molecule has 0 aliphatic carbocycles. The molecule has 0 unspecified atom stereocenters. The predicted molar refractivity (Wildman–Crippen MR) is 76.2 cm³/mol. The zero-order chi connectivity index (χ0) is 14.3. The molecule has 0 aromatic carbocycles. The van der Waals surface area contributed by atoms with Crippen LogP contribution in [0.4, 0.5) is 0 Å². The molecular formula is C14H21N5. The molecule has 1 heterocycles. The van der Waals surface area contributed by atoms with Crippen LogP contribution in [0.3, 0.4) is 0 Å². The second-order valence-corrected chi connectivity index (χ2v) is 5.49. The van der Waals surface area contributed by atoms with Crippen LogP contribution < -0.4 is 10.6 Å². The number of aromatic nitrogens is 1. The SMILES string of the molecule is C[C@@H](NC(=NCc1cccnc1)NC#N)C(C)(C)C. The summed E-state index contributed by atoms with van der Waals surface area (Å²) >= 11 is 0. The Morgan fingerprint density at radius 2 is 2.26 bits per heavy atom. The van der Waals surface area contributed by atoms with Crippen molar-refractivity contribution in [3.63, 3.8) is 0 Å². The highest BCUT2D eigenvalue weighted by Crippen LogP contribution is 2.18. The van der Waals surface area contributed by atoms with E-state index >= 15 is 0 Å². The van der Waals surface area contributed by atoms with Crippen LogP contribution >= 0.6 is 0 Å². The molecule has 1 aromatic heterocycles. The van der Waals surface area contributed by atoms with Crippen molar-refractivity contribution >= 4 is 5.96 Å². The van der Waals surface area contributed by atoms with Crippen molar-refractivity contribution in [2.75, 3.05) is 0 Å². The second-order valence-electron chi connectivity index (χ2n) is 5.49. The van der Waals surface area contributed by atoms with Crippen LogP contribution in [0.25, 0.3) is 0 Å². The lowest BCUT2D eigenvalue weighted by molar-refractivity contribution is 0.314. The fourth-order valence-corrected chi connectivity index (χ4v) is 1.26. The first-order valence-electron chi connectivity index (χ1n) is 6.28. The predicted octanol–water partition coefficient (Wildman–Crippen LogP) is 2.03. The first-order valence-corrected chi connectivity index (χ1v) is 6.28. The number of nitriles is 1. The molecule has 0 fully saturated rings. The van der Waals surface area contributed by atoms with E-state index in [0.29, 0.717) is 12.5 Å². The van der Waals surface area contributed by atoms with Gasteiger partial charge in [-0.05, 0) is 24.0 Å². The molecule has 0 amide bonds. The minimum atomic E-state index is 0.0895. The molecule has 1 atom stereocenters. The van der Waals surface area contributed by atoms with Gasteiger partial charge in [0.1, 0.15) is 0 Å². The minimum absolute atomic E-state index is 0.0895. The van der Waals surface area contributed by atoms with E-state index in [1.165, 1.54) is 0 Å². The minimum Gasteiger partial charge on any atom is -0.353 e. The van der Waals surface area contributed by atoms with E-state index in [0.717, 1.165) is 5.56 Å². The molecular weight excluding hydrogens is 238 g/mol. The molecule has 0 saturated heterocycles. The molecule has 5 nitrogen and oxygen atoms in total. The maximum Gasteiger partial charge on any atom is 0.205 e. The Morgan fingerprint density at radius 1 is 1.53 bits per heavy atom. The largest absolute Gasteiger partial charge is 0.353 e. The molecule has 0 aliphatic heterocycles. The van der Waals surface area contributed by atoms with Crippen LogP contribution in [0.2, 0.25) is 0 Å². The third-order valence-corrected chi connectivity index (χ3v) is 2.97. The van der Waals surface area contributed by atoms with Crippen LogP contribution in [-0.4, -0.2) is 17.0 Å². The van der Waals surface area contributed by atoms with Gasteiger partial charge in [0.05, 0.1) is 6.54 Å². The Hall–Kier alpha value is -2.09. The average molecular weight is 259 g/mol. The molecule has 1 aromatic rings. The molecule has 5 heteroatoms. The van der Waals surface area contributed by atoms with Crippen molar-refractivity contribution in [3.8, 4) is 6.19 Å². The van der Waals surface area contributed by atoms with Crippen LogP contribution in [0.1, 0.15) is 33.3 Å². The normalized spacial score (nSPS) is 13.5. The molecule has 0 radical (unpaired) electrons. The summed E-state index contributed by atoms with van der Waals surface area (Å²) in [5, 5.41) is 14.6. The highest BCUT2D eigenvalue weighted by molar-refractivity contribution is 5.81. The van der Waals surface area contributed by atoms with Gasteiger partial charge in [0.15, 0.2) is 6.19 Å². The van der Waals surface area contributed by atoms with Gasteiger partial charge in [-0.3, -0.25) is 10.3 Å². The fourth-order valence-electron chi connectivity index (χ4n) is 1.26. The second kappa shape index (κ2) is 6.74. The van der Waals surface area contributed by atoms with E-state index in [1.807, 2.05) is 18.3 Å². The average Bonchev–Trinajstić information content (AvgIpc) is 2.36. The molecule has 1 rings (SSSR count). The van der Waals surface area contributed by atoms with Gasteiger partial charge in [0, 0.05) is 18.4 Å². The van der Waals surface area contributed by atoms with Crippen molar-refractivity contribution in [2.45, 2.75) is 40.3 Å². The number of pyridine rings is 1. The molecule has 19 heavy (non-hydrogen) atoms. The zero-order valence-electron chi connectivity index (χ0n) is 11.9. The van der Waals surface area contributed by atoms with Crippen molar-refractivity contribution < 1.29 is 0 Å². The van der Waals surface area contributed by atoms with Crippen molar-refractivity contribution in [1.82, 2.24) is 15.6 Å². The van der Waals surface area contributed by atoms with Gasteiger partial charge in [0.2, 0.25) is 5.96 Å². The standard InChI is InChI=1S/C14H21N5/c1-11(14(2,3)4)19-13(18-10-15)17-9-12-6-5-7-16-8-12/h5-8,11H,9H2,1-4H3,(H2,17,18,19)/t11-/m1/s1. The molecule has 102 valence electrons. The summed E-state index contributed by atoms with van der Waals surface area (Å²) in [4.78, 5) is 8.40. The van der Waals surface area contributed by atoms with Crippen molar-refractivity contribution in [3.05, 3.63) is 30.1 Å². The number of nitrogens with zero attached hydrogens (tertiary/aromatic N) is 3. The van der Waals surface area contributed by atoms with E-state index in [4.69, 9.17) is 5.26 Å². The Balaban J connectivity index is 2.70. The van der Waals surface area contributed by atoms with E-state index in [2.05, 4.69) is 48.3 Å². The van der Waals surface area contributed by atoms with Crippen LogP contribution in [0.15, 0.2) is 29.5 Å². The Kier molecular flexibility index (Phi) is 5.31. The molecule has 0 spiro atoms. The van der Waals surface area contributed by atoms with Gasteiger partial charge in [-0.1, -0.05) is 26.8 Å². The highest BCUT2D eigenvalue weighted by Gasteiger charge is 2.20. The maximum absolute atomic E-state index is 8.76. The van der Waals surface area contributed by atoms with Gasteiger partial charge in [-0.2, -0.15) is 5.26 Å². The van der Waals surface area contributed by atoms with Crippen LogP contribution in [-0.2, 0) is 6.54 Å². The van der Waals surface area contributed by atoms with E-state index in [1.54, 1.807) is 12.4 Å². The first kappa shape index (κ1) is 15.0. The van der Waals surface area contributed by atoms with E-state index in [9.17, 15) is 0 Å². The monoisotopic (exact) mass is 259 g/mol. The van der Waals surface area contributed by atoms with Crippen LogP contribution in [0.5, 0.6) is 0 Å². The third kappa shape index (κ3) is 5.38. The summed E-state index contributed by atoms with van der Waals surface area (Å²) in [7, 11) is 0. The zero-order valence-corrected chi connectivity index (χ0v) is 11.9. The number of rotatable bonds is 3. The number of hydrogen-bond donors (Lipinski definition) is 2. The van der Waals surface area contributed by atoms with E-state index < -0.39 is 0 Å². The first-order chi connectivity index (χ1) is 8.93. The number of guanidine groups is 1. The lowest BCUT2D eigenvalue weighted by Crippen LogP contribution is -2.46. The number of nitrogens with one attached hydrogen (secondary N) is 2. The quantitative estimate of drug-likeness (QED) is 0.377. The molecule has 0 bridgehead atoms. The van der Waals surface area contributed by atoms with Crippen molar-refractivity contribution in [1.29, 1.82) is 5.26 Å². The Labute approximate surface area is 114 Å². The topological polar surface area (TPSA) is 73.1 Å². The summed E-state index contributed by atoms with van der Waals surface area (Å²) in [6, 6.07) is 4.02. The summed E-state index contributed by atoms with van der Waals surface area (Å²) in [6.45, 7) is 8.96. The van der Waals surface area contributed by atoms with Gasteiger partial charge in [-0.25, -0.2) is 4.99 Å². The van der Waals surface area contributed by atoms with Gasteiger partial charge in [0.25, 0.3) is 0 Å². The van der Waals surface area contributed by atoms with Gasteiger partial charge in [-0.15, -0.1) is 0 Å². The lowest BCUT2D eigenvalue weighted by atomic mass is 9.88. The van der Waals surface area contributed by atoms with Gasteiger partial charge >= 0.3 is 0 Å². The van der Waals surface area contributed by atoms with E-state index in [-0.39, 0.29) is 11.5 Å². The summed E-state index contributed by atoms with van der Waals surface area (Å²) in [5.41, 5.74) is 1.09. The fraction of sp³-hybridized carbons (Fsp3) is 0.500. The summed E-state index contributed by atoms with van der Waals surface area (Å²) < 4.78 is 0. The van der Waals surface area contributed by atoms with Gasteiger partial charge < -0.3 is 5.32 Å². The maximum atomic E-state index is 8.76. The highest BCUT2D eigenvalue weighted by atomic mass is 15.2. The number of hydrogen-bond acceptors (Lipinski definition) is 3. The van der Waals surface area contributed by atoms with Crippen LogP contribution in [0, 0.1) is 16.9 Å². The number of aliphatic imine (C=N–C) groups is 1. The lowest BCUT2D eigenvalue weighted by Gasteiger charge is -2.28. The smallest absolute Gasteiger partial charge is 0.205 e. The summed E-state index contributed by atoms with van der Waals surface area (Å²) in [6.07, 6.45) is 5.39. The molecule has 0 saturated carbocycles. The summed E-state index contributed by atoms with van der Waals surface area (Å²) in [5.74, 6) is 0.494. The Bertz CT molecular complexity index is 453. The Morgan fingerprint density at radius 3 is 2.79 bits per heavy atom. The third-order valence-electron chi connectivity index (χ3n) is 2.97. The van der Waals surface area contributed by atoms with Crippen molar-refractivity contribution in [2.24, 2.45) is 10.4 Å². The molecule has 2 N–H and O–H groups in total.